The summed E-state index contributed by atoms with van der Waals surface area (Å²) >= 11 is 3.34. The van der Waals surface area contributed by atoms with E-state index in [9.17, 15) is 4.79 Å². The fourth-order valence-corrected chi connectivity index (χ4v) is 1.36. The van der Waals surface area contributed by atoms with Crippen molar-refractivity contribution in [3.63, 3.8) is 0 Å². The molecule has 0 spiro atoms. The second kappa shape index (κ2) is 7.73. The Balaban J connectivity index is 2.13. The molecule has 0 aliphatic heterocycles. The smallest absolute Gasteiger partial charge is 0.315 e. The van der Waals surface area contributed by atoms with Crippen LogP contribution in [0.5, 0.6) is 5.75 Å². The molecular weight excluding hydrogens is 284 g/mol. The first-order valence-corrected chi connectivity index (χ1v) is 6.02. The summed E-state index contributed by atoms with van der Waals surface area (Å²) in [6.45, 7) is 4.85. The van der Waals surface area contributed by atoms with E-state index in [0.29, 0.717) is 19.7 Å². The van der Waals surface area contributed by atoms with Gasteiger partial charge in [-0.25, -0.2) is 4.79 Å². The van der Waals surface area contributed by atoms with Gasteiger partial charge >= 0.3 is 6.03 Å². The molecule has 1 aromatic rings. The van der Waals surface area contributed by atoms with E-state index in [2.05, 4.69) is 33.1 Å². The van der Waals surface area contributed by atoms with Crippen molar-refractivity contribution in [2.75, 3.05) is 19.7 Å². The van der Waals surface area contributed by atoms with Crippen LogP contribution in [0.3, 0.4) is 0 Å². The number of ether oxygens (including phenoxy) is 1. The predicted molar refractivity (Wildman–Crippen MR) is 71.2 cm³/mol. The molecular formula is C12H15BrN2O2. The van der Waals surface area contributed by atoms with Crippen LogP contribution in [0.4, 0.5) is 4.79 Å². The number of amides is 2. The third-order valence-electron chi connectivity index (χ3n) is 1.88. The number of carbonyl (C=O) groups is 1. The molecule has 0 aliphatic carbocycles. The van der Waals surface area contributed by atoms with Gasteiger partial charge in [-0.3, -0.25) is 0 Å². The fraction of sp³-hybridized carbons (Fsp3) is 0.250. The molecule has 0 heterocycles. The standard InChI is InChI=1S/C12H15BrN2O2/c1-2-7-14-12(16)15-8-9-17-11-5-3-10(13)4-6-11/h2-6H,1,7-9H2,(H2,14,15,16). The molecule has 0 saturated carbocycles. The van der Waals surface area contributed by atoms with Crippen LogP contribution in [0, 0.1) is 0 Å². The third-order valence-corrected chi connectivity index (χ3v) is 2.41. The highest BCUT2D eigenvalue weighted by Crippen LogP contribution is 2.15. The lowest BCUT2D eigenvalue weighted by Gasteiger charge is -2.08. The average molecular weight is 299 g/mol. The van der Waals surface area contributed by atoms with Gasteiger partial charge in [0.2, 0.25) is 0 Å². The topological polar surface area (TPSA) is 50.4 Å². The highest BCUT2D eigenvalue weighted by Gasteiger charge is 1.97. The Bertz CT molecular complexity index is 365. The zero-order valence-electron chi connectivity index (χ0n) is 9.41. The zero-order chi connectivity index (χ0) is 12.5. The van der Waals surface area contributed by atoms with Gasteiger partial charge in [0.25, 0.3) is 0 Å². The van der Waals surface area contributed by atoms with E-state index in [1.54, 1.807) is 6.08 Å². The minimum Gasteiger partial charge on any atom is -0.492 e. The first-order valence-electron chi connectivity index (χ1n) is 5.23. The Kier molecular flexibility index (Phi) is 6.17. The summed E-state index contributed by atoms with van der Waals surface area (Å²) in [5.74, 6) is 0.779. The number of benzene rings is 1. The molecule has 0 aromatic heterocycles. The number of hydrogen-bond donors (Lipinski definition) is 2. The maximum atomic E-state index is 11.1. The monoisotopic (exact) mass is 298 g/mol. The second-order valence-electron chi connectivity index (χ2n) is 3.23. The van der Waals surface area contributed by atoms with Gasteiger partial charge in [-0.05, 0) is 24.3 Å². The normalized spacial score (nSPS) is 9.47. The van der Waals surface area contributed by atoms with E-state index < -0.39 is 0 Å². The lowest BCUT2D eigenvalue weighted by Crippen LogP contribution is -2.37. The lowest BCUT2D eigenvalue weighted by atomic mass is 10.3. The Morgan fingerprint density at radius 1 is 1.35 bits per heavy atom. The Labute approximate surface area is 109 Å². The Morgan fingerprint density at radius 2 is 2.06 bits per heavy atom. The van der Waals surface area contributed by atoms with Crippen molar-refractivity contribution in [2.45, 2.75) is 0 Å². The van der Waals surface area contributed by atoms with Crippen LogP contribution in [0.2, 0.25) is 0 Å². The summed E-state index contributed by atoms with van der Waals surface area (Å²) in [5, 5.41) is 5.28. The predicted octanol–water partition coefficient (Wildman–Crippen LogP) is 2.31. The van der Waals surface area contributed by atoms with Crippen molar-refractivity contribution < 1.29 is 9.53 Å². The Hall–Kier alpha value is -1.49. The molecule has 0 bridgehead atoms. The highest BCUT2D eigenvalue weighted by molar-refractivity contribution is 9.10. The van der Waals surface area contributed by atoms with Crippen LogP contribution < -0.4 is 15.4 Å². The van der Waals surface area contributed by atoms with Gasteiger partial charge in [0, 0.05) is 11.0 Å². The van der Waals surface area contributed by atoms with Crippen LogP contribution in [0.15, 0.2) is 41.4 Å². The molecule has 0 aliphatic rings. The van der Waals surface area contributed by atoms with E-state index in [4.69, 9.17) is 4.74 Å². The van der Waals surface area contributed by atoms with Crippen LogP contribution in [0.25, 0.3) is 0 Å². The molecule has 0 atom stereocenters. The van der Waals surface area contributed by atoms with Gasteiger partial charge in [-0.15, -0.1) is 6.58 Å². The van der Waals surface area contributed by atoms with Gasteiger partial charge < -0.3 is 15.4 Å². The van der Waals surface area contributed by atoms with E-state index in [-0.39, 0.29) is 6.03 Å². The van der Waals surface area contributed by atoms with E-state index in [1.165, 1.54) is 0 Å². The molecule has 0 saturated heterocycles. The summed E-state index contributed by atoms with van der Waals surface area (Å²) in [5.41, 5.74) is 0. The van der Waals surface area contributed by atoms with Gasteiger partial charge in [0.1, 0.15) is 12.4 Å². The quantitative estimate of drug-likeness (QED) is 0.625. The lowest BCUT2D eigenvalue weighted by molar-refractivity contribution is 0.237. The summed E-state index contributed by atoms with van der Waals surface area (Å²) in [7, 11) is 0. The molecule has 1 rings (SSSR count). The molecule has 0 radical (unpaired) electrons. The SMILES string of the molecule is C=CCNC(=O)NCCOc1ccc(Br)cc1. The van der Waals surface area contributed by atoms with Gasteiger partial charge in [0.05, 0.1) is 6.54 Å². The third kappa shape index (κ3) is 5.97. The van der Waals surface area contributed by atoms with E-state index in [0.717, 1.165) is 10.2 Å². The minimum absolute atomic E-state index is 0.218. The molecule has 4 nitrogen and oxygen atoms in total. The molecule has 17 heavy (non-hydrogen) atoms. The van der Waals surface area contributed by atoms with Crippen molar-refractivity contribution in [3.05, 3.63) is 41.4 Å². The van der Waals surface area contributed by atoms with E-state index in [1.807, 2.05) is 24.3 Å². The molecule has 2 N–H and O–H groups in total. The summed E-state index contributed by atoms with van der Waals surface area (Å²) in [6.07, 6.45) is 1.62. The minimum atomic E-state index is -0.218. The van der Waals surface area contributed by atoms with Crippen LogP contribution in [-0.4, -0.2) is 25.7 Å². The van der Waals surface area contributed by atoms with Crippen LogP contribution >= 0.6 is 15.9 Å². The fourth-order valence-electron chi connectivity index (χ4n) is 1.09. The summed E-state index contributed by atoms with van der Waals surface area (Å²) in [4.78, 5) is 11.1. The van der Waals surface area contributed by atoms with Crippen molar-refractivity contribution in [2.24, 2.45) is 0 Å². The van der Waals surface area contributed by atoms with E-state index >= 15 is 0 Å². The molecule has 0 fully saturated rings. The summed E-state index contributed by atoms with van der Waals surface area (Å²) in [6, 6.07) is 7.31. The van der Waals surface area contributed by atoms with Gasteiger partial charge in [-0.1, -0.05) is 22.0 Å². The first-order chi connectivity index (χ1) is 8.22. The molecule has 2 amide bonds. The number of rotatable bonds is 6. The first kappa shape index (κ1) is 13.6. The van der Waals surface area contributed by atoms with Crippen molar-refractivity contribution in [3.8, 4) is 5.75 Å². The largest absolute Gasteiger partial charge is 0.492 e. The molecule has 1 aromatic carbocycles. The Morgan fingerprint density at radius 3 is 2.71 bits per heavy atom. The maximum absolute atomic E-state index is 11.1. The molecule has 92 valence electrons. The van der Waals surface area contributed by atoms with Crippen LogP contribution in [0.1, 0.15) is 0 Å². The van der Waals surface area contributed by atoms with Crippen molar-refractivity contribution in [1.29, 1.82) is 0 Å². The molecule has 0 unspecified atom stereocenters. The maximum Gasteiger partial charge on any atom is 0.315 e. The van der Waals surface area contributed by atoms with Crippen LogP contribution in [-0.2, 0) is 0 Å². The van der Waals surface area contributed by atoms with Crippen molar-refractivity contribution in [1.82, 2.24) is 10.6 Å². The number of carbonyl (C=O) groups excluding carboxylic acids is 1. The average Bonchev–Trinajstić information content (AvgIpc) is 2.34. The highest BCUT2D eigenvalue weighted by atomic mass is 79.9. The van der Waals surface area contributed by atoms with Gasteiger partial charge in [-0.2, -0.15) is 0 Å². The van der Waals surface area contributed by atoms with Gasteiger partial charge in [0.15, 0.2) is 0 Å². The number of halogens is 1. The molecule has 5 heteroatoms. The number of hydrogen-bond acceptors (Lipinski definition) is 2. The van der Waals surface area contributed by atoms with Crippen molar-refractivity contribution >= 4 is 22.0 Å². The number of urea groups is 1. The zero-order valence-corrected chi connectivity index (χ0v) is 11.0. The number of nitrogens with one attached hydrogen (secondary N) is 2. The summed E-state index contributed by atoms with van der Waals surface area (Å²) < 4.78 is 6.44. The second-order valence-corrected chi connectivity index (χ2v) is 4.14.